The molecule has 0 aliphatic heterocycles. The quantitative estimate of drug-likeness (QED) is 0.315. The summed E-state index contributed by atoms with van der Waals surface area (Å²) in [6.07, 6.45) is 0. The van der Waals surface area contributed by atoms with Crippen LogP contribution in [0.2, 0.25) is 0 Å². The molecule has 2 aromatic rings. The predicted octanol–water partition coefficient (Wildman–Crippen LogP) is 4.97. The largest absolute Gasteiger partial charge is 0.0616 e. The molecule has 0 amide bonds. The van der Waals surface area contributed by atoms with Gasteiger partial charge in [0, 0.05) is 32.3 Å². The first-order valence-electron chi connectivity index (χ1n) is 5.64. The van der Waals surface area contributed by atoms with Gasteiger partial charge in [-0.2, -0.15) is 0 Å². The molecule has 0 atom stereocenters. The molecular formula is C14H8N6. The molecule has 94 valence electrons. The Bertz CT molecular complexity index is 721. The van der Waals surface area contributed by atoms with E-state index in [1.54, 1.807) is 36.4 Å². The van der Waals surface area contributed by atoms with Crippen molar-refractivity contribution < 1.29 is 0 Å². The Labute approximate surface area is 114 Å². The van der Waals surface area contributed by atoms with E-state index in [0.29, 0.717) is 11.4 Å². The average Bonchev–Trinajstić information content (AvgIpc) is 2.47. The predicted molar refractivity (Wildman–Crippen MR) is 76.5 cm³/mol. The third-order valence-electron chi connectivity index (χ3n) is 2.36. The van der Waals surface area contributed by atoms with Crippen molar-refractivity contribution in [1.82, 2.24) is 0 Å². The summed E-state index contributed by atoms with van der Waals surface area (Å²) in [5.74, 6) is 5.92. The Morgan fingerprint density at radius 2 is 1.20 bits per heavy atom. The third-order valence-corrected chi connectivity index (χ3v) is 2.36. The average molecular weight is 260 g/mol. The Hall–Kier alpha value is -3.38. The van der Waals surface area contributed by atoms with Crippen LogP contribution in [0.5, 0.6) is 0 Å². The van der Waals surface area contributed by atoms with Gasteiger partial charge in [0.1, 0.15) is 0 Å². The van der Waals surface area contributed by atoms with Crippen LogP contribution in [0.4, 0.5) is 11.4 Å². The molecule has 0 saturated carbocycles. The summed E-state index contributed by atoms with van der Waals surface area (Å²) in [6, 6.07) is 14.0. The highest BCUT2D eigenvalue weighted by atomic mass is 15.1. The van der Waals surface area contributed by atoms with Gasteiger partial charge in [-0.15, -0.1) is 0 Å². The summed E-state index contributed by atoms with van der Waals surface area (Å²) in [5.41, 5.74) is 19.3. The minimum atomic E-state index is 0.516. The van der Waals surface area contributed by atoms with Gasteiger partial charge in [-0.1, -0.05) is 46.3 Å². The number of benzene rings is 2. The second-order valence-electron chi connectivity index (χ2n) is 3.73. The number of nitrogens with zero attached hydrogens (tertiary/aromatic N) is 6. The van der Waals surface area contributed by atoms with Crippen LogP contribution < -0.4 is 0 Å². The van der Waals surface area contributed by atoms with Crippen molar-refractivity contribution in [2.24, 2.45) is 10.2 Å². The Kier molecular flexibility index (Phi) is 4.26. The lowest BCUT2D eigenvalue weighted by molar-refractivity contribution is 1.46. The highest BCUT2D eigenvalue weighted by Crippen LogP contribution is 2.15. The fraction of sp³-hybridized carbons (Fsp3) is 0. The Balaban J connectivity index is 2.30. The molecule has 0 aliphatic rings. The van der Waals surface area contributed by atoms with E-state index in [1.807, 2.05) is 12.1 Å². The molecule has 2 aromatic carbocycles. The van der Waals surface area contributed by atoms with E-state index in [2.05, 4.69) is 31.9 Å². The molecule has 0 aromatic heterocycles. The number of hydrogen-bond acceptors (Lipinski definition) is 2. The second kappa shape index (κ2) is 6.53. The number of hydrogen-bond donors (Lipinski definition) is 0. The Morgan fingerprint density at radius 1 is 0.750 bits per heavy atom. The maximum Gasteiger partial charge on any atom is 0.0387 e. The van der Waals surface area contributed by atoms with E-state index in [4.69, 9.17) is 11.1 Å². The standard InChI is InChI=1S/C14H8N6/c15-19-17-13-5-1-3-11(9-13)7-8-12-4-2-6-14(10-12)18-20-16/h1-6,9-10H. The van der Waals surface area contributed by atoms with Gasteiger partial charge in [-0.25, -0.2) is 0 Å². The Morgan fingerprint density at radius 3 is 1.60 bits per heavy atom. The zero-order valence-electron chi connectivity index (χ0n) is 10.3. The van der Waals surface area contributed by atoms with Crippen molar-refractivity contribution in [3.05, 3.63) is 80.5 Å². The zero-order chi connectivity index (χ0) is 14.2. The summed E-state index contributed by atoms with van der Waals surface area (Å²) in [4.78, 5) is 5.46. The molecule has 0 bridgehead atoms. The molecule has 20 heavy (non-hydrogen) atoms. The van der Waals surface area contributed by atoms with Crippen LogP contribution >= 0.6 is 0 Å². The lowest BCUT2D eigenvalue weighted by Crippen LogP contribution is -1.75. The maximum absolute atomic E-state index is 8.38. The smallest absolute Gasteiger partial charge is 0.0387 e. The molecule has 0 aliphatic carbocycles. The van der Waals surface area contributed by atoms with Crippen LogP contribution in [0.1, 0.15) is 11.1 Å². The van der Waals surface area contributed by atoms with Gasteiger partial charge in [0.05, 0.1) is 0 Å². The molecule has 0 unspecified atom stereocenters. The summed E-state index contributed by atoms with van der Waals surface area (Å²) < 4.78 is 0. The molecule has 0 radical (unpaired) electrons. The van der Waals surface area contributed by atoms with Crippen LogP contribution in [0.3, 0.4) is 0 Å². The summed E-state index contributed by atoms with van der Waals surface area (Å²) in [7, 11) is 0. The molecule has 6 nitrogen and oxygen atoms in total. The monoisotopic (exact) mass is 260 g/mol. The van der Waals surface area contributed by atoms with Crippen molar-refractivity contribution in [3.63, 3.8) is 0 Å². The van der Waals surface area contributed by atoms with Gasteiger partial charge < -0.3 is 0 Å². The van der Waals surface area contributed by atoms with Gasteiger partial charge in [0.2, 0.25) is 0 Å². The van der Waals surface area contributed by atoms with Crippen molar-refractivity contribution in [2.45, 2.75) is 0 Å². The minimum absolute atomic E-state index is 0.516. The fourth-order valence-corrected chi connectivity index (χ4v) is 1.54. The summed E-state index contributed by atoms with van der Waals surface area (Å²) in [6.45, 7) is 0. The van der Waals surface area contributed by atoms with Gasteiger partial charge in [-0.3, -0.25) is 0 Å². The number of azide groups is 2. The van der Waals surface area contributed by atoms with Gasteiger partial charge in [0.15, 0.2) is 0 Å². The molecule has 0 saturated heterocycles. The molecular weight excluding hydrogens is 252 g/mol. The number of rotatable bonds is 2. The molecule has 6 heteroatoms. The normalized spacial score (nSPS) is 8.60. The van der Waals surface area contributed by atoms with E-state index in [0.717, 1.165) is 11.1 Å². The molecule has 2 rings (SSSR count). The first-order valence-corrected chi connectivity index (χ1v) is 5.64. The van der Waals surface area contributed by atoms with E-state index >= 15 is 0 Å². The zero-order valence-corrected chi connectivity index (χ0v) is 10.3. The van der Waals surface area contributed by atoms with Gasteiger partial charge >= 0.3 is 0 Å². The first kappa shape index (κ1) is 13.1. The highest BCUT2D eigenvalue weighted by Gasteiger charge is 1.92. The second-order valence-corrected chi connectivity index (χ2v) is 3.73. The van der Waals surface area contributed by atoms with Crippen LogP contribution in [-0.4, -0.2) is 0 Å². The SMILES string of the molecule is [N-]=[N+]=Nc1cccc(C#Cc2cccc(N=[N+]=[N-])c2)c1. The molecule has 0 fully saturated rings. The van der Waals surface area contributed by atoms with Crippen LogP contribution in [0.25, 0.3) is 20.9 Å². The van der Waals surface area contributed by atoms with E-state index in [9.17, 15) is 0 Å². The summed E-state index contributed by atoms with van der Waals surface area (Å²) in [5, 5.41) is 7.04. The minimum Gasteiger partial charge on any atom is -0.0616 e. The molecule has 0 heterocycles. The summed E-state index contributed by atoms with van der Waals surface area (Å²) >= 11 is 0. The molecule has 0 N–H and O–H groups in total. The molecule has 0 spiro atoms. The first-order chi connectivity index (χ1) is 9.81. The van der Waals surface area contributed by atoms with Crippen LogP contribution in [0, 0.1) is 11.8 Å². The topological polar surface area (TPSA) is 97.5 Å². The van der Waals surface area contributed by atoms with Crippen molar-refractivity contribution in [1.29, 1.82) is 0 Å². The van der Waals surface area contributed by atoms with Crippen molar-refractivity contribution >= 4 is 11.4 Å². The lowest BCUT2D eigenvalue weighted by atomic mass is 10.1. The maximum atomic E-state index is 8.38. The van der Waals surface area contributed by atoms with Gasteiger partial charge in [-0.05, 0) is 35.3 Å². The highest BCUT2D eigenvalue weighted by molar-refractivity contribution is 5.51. The third kappa shape index (κ3) is 3.56. The van der Waals surface area contributed by atoms with E-state index < -0.39 is 0 Å². The van der Waals surface area contributed by atoms with Crippen LogP contribution in [0.15, 0.2) is 58.8 Å². The fourth-order valence-electron chi connectivity index (χ4n) is 1.54. The van der Waals surface area contributed by atoms with Crippen molar-refractivity contribution in [2.75, 3.05) is 0 Å². The van der Waals surface area contributed by atoms with Crippen LogP contribution in [-0.2, 0) is 0 Å². The van der Waals surface area contributed by atoms with E-state index in [1.165, 1.54) is 0 Å². The van der Waals surface area contributed by atoms with Crippen molar-refractivity contribution in [3.8, 4) is 11.8 Å². The van der Waals surface area contributed by atoms with Gasteiger partial charge in [0.25, 0.3) is 0 Å². The van der Waals surface area contributed by atoms with E-state index in [-0.39, 0.29) is 0 Å². The lowest BCUT2D eigenvalue weighted by Gasteiger charge is -1.94.